The molecule has 14 heavy (non-hydrogen) atoms. The lowest BCUT2D eigenvalue weighted by atomic mass is 10.1. The monoisotopic (exact) mass is 201 g/mol. The zero-order chi connectivity index (χ0) is 11.0. The number of rotatable bonds is 8. The average molecular weight is 201 g/mol. The second-order valence-electron chi connectivity index (χ2n) is 4.42. The van der Waals surface area contributed by atoms with Gasteiger partial charge in [0.2, 0.25) is 0 Å². The van der Waals surface area contributed by atoms with E-state index in [9.17, 15) is 0 Å². The van der Waals surface area contributed by atoms with E-state index in [4.69, 9.17) is 4.74 Å². The third-order valence-corrected chi connectivity index (χ3v) is 2.65. The first-order valence-electron chi connectivity index (χ1n) is 5.92. The van der Waals surface area contributed by atoms with Crippen molar-refractivity contribution in [1.29, 1.82) is 0 Å². The first-order valence-corrected chi connectivity index (χ1v) is 5.92. The predicted molar refractivity (Wildman–Crippen MR) is 62.6 cm³/mol. The Morgan fingerprint density at radius 1 is 1.14 bits per heavy atom. The van der Waals surface area contributed by atoms with Gasteiger partial charge in [0, 0.05) is 12.6 Å². The summed E-state index contributed by atoms with van der Waals surface area (Å²) in [6.07, 6.45) is 2.76. The summed E-state index contributed by atoms with van der Waals surface area (Å²) in [7, 11) is 0. The van der Waals surface area contributed by atoms with Gasteiger partial charge in [-0.2, -0.15) is 0 Å². The van der Waals surface area contributed by atoms with Gasteiger partial charge in [-0.3, -0.25) is 0 Å². The average Bonchev–Trinajstić information content (AvgIpc) is 2.12. The largest absolute Gasteiger partial charge is 0.378 e. The van der Waals surface area contributed by atoms with Crippen molar-refractivity contribution in [2.45, 2.75) is 59.6 Å². The number of hydrogen-bond donors (Lipinski definition) is 1. The fraction of sp³-hybridized carbons (Fsp3) is 1.00. The van der Waals surface area contributed by atoms with E-state index < -0.39 is 0 Å². The molecule has 0 radical (unpaired) electrons. The van der Waals surface area contributed by atoms with Gasteiger partial charge in [0.25, 0.3) is 0 Å². The van der Waals surface area contributed by atoms with E-state index in [0.717, 1.165) is 19.6 Å². The first kappa shape index (κ1) is 13.9. The molecule has 0 heterocycles. The van der Waals surface area contributed by atoms with Crippen molar-refractivity contribution in [3.05, 3.63) is 0 Å². The molecule has 2 unspecified atom stereocenters. The summed E-state index contributed by atoms with van der Waals surface area (Å²) in [5.41, 5.74) is 0. The van der Waals surface area contributed by atoms with E-state index in [1.807, 2.05) is 0 Å². The molecule has 0 aromatic rings. The van der Waals surface area contributed by atoms with Gasteiger partial charge in [-0.25, -0.2) is 0 Å². The smallest absolute Gasteiger partial charge is 0.0569 e. The van der Waals surface area contributed by atoms with Gasteiger partial charge >= 0.3 is 0 Å². The summed E-state index contributed by atoms with van der Waals surface area (Å²) in [5, 5.41) is 3.40. The minimum atomic E-state index is 0.393. The SMILES string of the molecule is CCNC(C)CCCOC(C)C(C)C. The molecule has 2 heteroatoms. The highest BCUT2D eigenvalue weighted by atomic mass is 16.5. The molecule has 86 valence electrons. The van der Waals surface area contributed by atoms with E-state index >= 15 is 0 Å². The van der Waals surface area contributed by atoms with Crippen LogP contribution in [-0.4, -0.2) is 25.3 Å². The Kier molecular flexibility index (Phi) is 8.20. The van der Waals surface area contributed by atoms with Crippen LogP contribution >= 0.6 is 0 Å². The fourth-order valence-electron chi connectivity index (χ4n) is 1.30. The molecular weight excluding hydrogens is 174 g/mol. The van der Waals surface area contributed by atoms with E-state index in [1.54, 1.807) is 0 Å². The van der Waals surface area contributed by atoms with Gasteiger partial charge in [0.1, 0.15) is 0 Å². The summed E-state index contributed by atoms with van der Waals surface area (Å²) in [6, 6.07) is 0.623. The molecule has 0 saturated heterocycles. The fourth-order valence-corrected chi connectivity index (χ4v) is 1.30. The van der Waals surface area contributed by atoms with E-state index in [-0.39, 0.29) is 0 Å². The van der Waals surface area contributed by atoms with E-state index in [2.05, 4.69) is 39.9 Å². The van der Waals surface area contributed by atoms with Crippen molar-refractivity contribution < 1.29 is 4.74 Å². The molecule has 1 N–H and O–H groups in total. The minimum absolute atomic E-state index is 0.393. The van der Waals surface area contributed by atoms with Crippen molar-refractivity contribution in [3.63, 3.8) is 0 Å². The van der Waals surface area contributed by atoms with Crippen LogP contribution in [0.1, 0.15) is 47.5 Å². The van der Waals surface area contributed by atoms with Crippen LogP contribution in [0.3, 0.4) is 0 Å². The van der Waals surface area contributed by atoms with Gasteiger partial charge in [-0.15, -0.1) is 0 Å². The van der Waals surface area contributed by atoms with Crippen LogP contribution < -0.4 is 5.32 Å². The third-order valence-electron chi connectivity index (χ3n) is 2.65. The van der Waals surface area contributed by atoms with Crippen molar-refractivity contribution >= 4 is 0 Å². The summed E-state index contributed by atoms with van der Waals surface area (Å²) in [5.74, 6) is 0.626. The normalized spacial score (nSPS) is 15.9. The van der Waals surface area contributed by atoms with E-state index in [0.29, 0.717) is 18.1 Å². The molecule has 0 aromatic heterocycles. The molecule has 0 aromatic carbocycles. The molecular formula is C12H27NO. The second-order valence-corrected chi connectivity index (χ2v) is 4.42. The van der Waals surface area contributed by atoms with Gasteiger partial charge in [-0.05, 0) is 39.2 Å². The Morgan fingerprint density at radius 3 is 2.29 bits per heavy atom. The van der Waals surface area contributed by atoms with E-state index in [1.165, 1.54) is 6.42 Å². The third kappa shape index (κ3) is 7.34. The highest BCUT2D eigenvalue weighted by molar-refractivity contribution is 4.59. The predicted octanol–water partition coefficient (Wildman–Crippen LogP) is 2.83. The van der Waals surface area contributed by atoms with Gasteiger partial charge in [0.05, 0.1) is 6.10 Å². The number of ether oxygens (including phenoxy) is 1. The maximum Gasteiger partial charge on any atom is 0.0569 e. The Morgan fingerprint density at radius 2 is 1.79 bits per heavy atom. The lowest BCUT2D eigenvalue weighted by Crippen LogP contribution is -2.26. The Hall–Kier alpha value is -0.0800. The highest BCUT2D eigenvalue weighted by Crippen LogP contribution is 2.06. The van der Waals surface area contributed by atoms with Crippen molar-refractivity contribution in [2.75, 3.05) is 13.2 Å². The zero-order valence-corrected chi connectivity index (χ0v) is 10.5. The number of hydrogen-bond acceptors (Lipinski definition) is 2. The molecule has 0 bridgehead atoms. The lowest BCUT2D eigenvalue weighted by molar-refractivity contribution is 0.0325. The minimum Gasteiger partial charge on any atom is -0.378 e. The molecule has 2 atom stereocenters. The standard InChI is InChI=1S/C12H27NO/c1-6-13-11(4)8-7-9-14-12(5)10(2)3/h10-13H,6-9H2,1-5H3. The topological polar surface area (TPSA) is 21.3 Å². The van der Waals surface area contributed by atoms with Crippen LogP contribution in [0, 0.1) is 5.92 Å². The first-order chi connectivity index (χ1) is 6.57. The zero-order valence-electron chi connectivity index (χ0n) is 10.5. The Balaban J connectivity index is 3.28. The number of nitrogens with one attached hydrogen (secondary N) is 1. The molecule has 0 rings (SSSR count). The van der Waals surface area contributed by atoms with Crippen LogP contribution in [0.25, 0.3) is 0 Å². The second kappa shape index (κ2) is 8.25. The molecule has 0 aliphatic heterocycles. The Labute approximate surface area is 89.4 Å². The van der Waals surface area contributed by atoms with Crippen LogP contribution in [0.5, 0.6) is 0 Å². The molecule has 0 spiro atoms. The molecule has 0 aliphatic rings. The molecule has 0 aliphatic carbocycles. The Bertz CT molecular complexity index is 125. The van der Waals surface area contributed by atoms with Crippen molar-refractivity contribution in [2.24, 2.45) is 5.92 Å². The quantitative estimate of drug-likeness (QED) is 0.610. The lowest BCUT2D eigenvalue weighted by Gasteiger charge is -2.17. The summed E-state index contributed by atoms with van der Waals surface area (Å²) in [4.78, 5) is 0. The summed E-state index contributed by atoms with van der Waals surface area (Å²) in [6.45, 7) is 12.9. The maximum absolute atomic E-state index is 5.70. The molecule has 0 amide bonds. The van der Waals surface area contributed by atoms with Gasteiger partial charge < -0.3 is 10.1 Å². The summed E-state index contributed by atoms with van der Waals surface area (Å²) < 4.78 is 5.70. The van der Waals surface area contributed by atoms with Crippen LogP contribution in [0.15, 0.2) is 0 Å². The van der Waals surface area contributed by atoms with Crippen LogP contribution in [0.4, 0.5) is 0 Å². The van der Waals surface area contributed by atoms with Crippen LogP contribution in [-0.2, 0) is 4.74 Å². The van der Waals surface area contributed by atoms with Gasteiger partial charge in [0.15, 0.2) is 0 Å². The highest BCUT2D eigenvalue weighted by Gasteiger charge is 2.06. The van der Waals surface area contributed by atoms with Crippen LogP contribution in [0.2, 0.25) is 0 Å². The molecule has 0 fully saturated rings. The van der Waals surface area contributed by atoms with Crippen molar-refractivity contribution in [3.8, 4) is 0 Å². The summed E-state index contributed by atoms with van der Waals surface area (Å²) >= 11 is 0. The molecule has 0 saturated carbocycles. The van der Waals surface area contributed by atoms with Gasteiger partial charge in [-0.1, -0.05) is 20.8 Å². The van der Waals surface area contributed by atoms with Crippen molar-refractivity contribution in [1.82, 2.24) is 5.32 Å². The molecule has 2 nitrogen and oxygen atoms in total. The maximum atomic E-state index is 5.70.